The standard InChI is InChI=1S/C17H23NO4S/c19-16(15-7-2-1-6-14(15)13-4-3-5-13)18-12-17(20)8-10-23(21,22)11-9-17/h1-2,6-7,13,20H,3-5,8-12H2,(H,18,19). The second-order valence-corrected chi connectivity index (χ2v) is 9.08. The monoisotopic (exact) mass is 337 g/mol. The molecule has 1 amide bonds. The summed E-state index contributed by atoms with van der Waals surface area (Å²) in [6, 6.07) is 7.61. The van der Waals surface area contributed by atoms with Crippen LogP contribution in [0, 0.1) is 0 Å². The summed E-state index contributed by atoms with van der Waals surface area (Å²) >= 11 is 0. The molecule has 1 heterocycles. The number of aliphatic hydroxyl groups is 1. The maximum Gasteiger partial charge on any atom is 0.251 e. The van der Waals surface area contributed by atoms with Gasteiger partial charge in [-0.2, -0.15) is 0 Å². The Kier molecular flexibility index (Phi) is 4.47. The summed E-state index contributed by atoms with van der Waals surface area (Å²) in [4.78, 5) is 12.5. The first-order chi connectivity index (χ1) is 10.9. The summed E-state index contributed by atoms with van der Waals surface area (Å²) in [5.41, 5.74) is 0.630. The van der Waals surface area contributed by atoms with Gasteiger partial charge in [0.25, 0.3) is 5.91 Å². The van der Waals surface area contributed by atoms with E-state index in [1.54, 1.807) is 0 Å². The summed E-state index contributed by atoms with van der Waals surface area (Å²) in [7, 11) is -3.03. The van der Waals surface area contributed by atoms with Gasteiger partial charge in [-0.1, -0.05) is 24.6 Å². The number of sulfone groups is 1. The Morgan fingerprint density at radius 3 is 2.48 bits per heavy atom. The molecule has 1 aromatic rings. The van der Waals surface area contributed by atoms with Gasteiger partial charge in [0.2, 0.25) is 0 Å². The normalized spacial score (nSPS) is 23.0. The average molecular weight is 337 g/mol. The molecule has 0 spiro atoms. The molecule has 0 atom stereocenters. The van der Waals surface area contributed by atoms with E-state index in [0.717, 1.165) is 18.4 Å². The molecule has 0 bridgehead atoms. The molecule has 5 nitrogen and oxygen atoms in total. The fourth-order valence-electron chi connectivity index (χ4n) is 3.21. The lowest BCUT2D eigenvalue weighted by Crippen LogP contribution is -2.48. The van der Waals surface area contributed by atoms with E-state index >= 15 is 0 Å². The van der Waals surface area contributed by atoms with Crippen molar-refractivity contribution in [2.45, 2.75) is 43.6 Å². The highest BCUT2D eigenvalue weighted by molar-refractivity contribution is 7.91. The fourth-order valence-corrected chi connectivity index (χ4v) is 4.80. The highest BCUT2D eigenvalue weighted by atomic mass is 32.2. The molecule has 1 aromatic carbocycles. The maximum absolute atomic E-state index is 12.5. The SMILES string of the molecule is O=C(NCC1(O)CCS(=O)(=O)CC1)c1ccccc1C1CCC1. The van der Waals surface area contributed by atoms with E-state index < -0.39 is 15.4 Å². The first kappa shape index (κ1) is 16.5. The lowest BCUT2D eigenvalue weighted by molar-refractivity contribution is 0.0296. The van der Waals surface area contributed by atoms with Crippen molar-refractivity contribution in [2.24, 2.45) is 0 Å². The Bertz CT molecular complexity index is 680. The van der Waals surface area contributed by atoms with Crippen molar-refractivity contribution in [1.29, 1.82) is 0 Å². The van der Waals surface area contributed by atoms with Crippen LogP contribution >= 0.6 is 0 Å². The largest absolute Gasteiger partial charge is 0.388 e. The van der Waals surface area contributed by atoms with Crippen LogP contribution in [0.25, 0.3) is 0 Å². The van der Waals surface area contributed by atoms with Crippen molar-refractivity contribution in [2.75, 3.05) is 18.1 Å². The fraction of sp³-hybridized carbons (Fsp3) is 0.588. The van der Waals surface area contributed by atoms with Crippen molar-refractivity contribution < 1.29 is 18.3 Å². The van der Waals surface area contributed by atoms with Crippen LogP contribution in [0.4, 0.5) is 0 Å². The van der Waals surface area contributed by atoms with Gasteiger partial charge in [-0.15, -0.1) is 0 Å². The predicted molar refractivity (Wildman–Crippen MR) is 88.2 cm³/mol. The molecule has 0 aromatic heterocycles. The molecule has 2 fully saturated rings. The molecule has 1 saturated carbocycles. The van der Waals surface area contributed by atoms with Crippen molar-refractivity contribution in [3.63, 3.8) is 0 Å². The van der Waals surface area contributed by atoms with Gasteiger partial charge in [-0.3, -0.25) is 4.79 Å². The Morgan fingerprint density at radius 1 is 1.22 bits per heavy atom. The molecule has 1 saturated heterocycles. The number of carbonyl (C=O) groups excluding carboxylic acids is 1. The summed E-state index contributed by atoms with van der Waals surface area (Å²) in [5.74, 6) is 0.241. The van der Waals surface area contributed by atoms with Gasteiger partial charge < -0.3 is 10.4 Å². The number of hydrogen-bond acceptors (Lipinski definition) is 4. The van der Waals surface area contributed by atoms with Gasteiger partial charge >= 0.3 is 0 Å². The molecule has 1 aliphatic carbocycles. The van der Waals surface area contributed by atoms with Crippen molar-refractivity contribution in [3.05, 3.63) is 35.4 Å². The predicted octanol–water partition coefficient (Wildman–Crippen LogP) is 1.62. The van der Waals surface area contributed by atoms with E-state index in [2.05, 4.69) is 5.32 Å². The molecule has 0 unspecified atom stereocenters. The number of rotatable bonds is 4. The van der Waals surface area contributed by atoms with Crippen molar-refractivity contribution >= 4 is 15.7 Å². The molecule has 0 radical (unpaired) electrons. The minimum absolute atomic E-state index is 0.0158. The third kappa shape index (κ3) is 3.75. The van der Waals surface area contributed by atoms with E-state index in [1.165, 1.54) is 6.42 Å². The van der Waals surface area contributed by atoms with Crippen molar-refractivity contribution in [3.8, 4) is 0 Å². The molecular formula is C17H23NO4S. The topological polar surface area (TPSA) is 83.5 Å². The zero-order valence-electron chi connectivity index (χ0n) is 13.1. The second kappa shape index (κ2) is 6.24. The number of amides is 1. The maximum atomic E-state index is 12.5. The Hall–Kier alpha value is -1.40. The lowest BCUT2D eigenvalue weighted by atomic mass is 9.78. The van der Waals surface area contributed by atoms with Crippen LogP contribution in [0.2, 0.25) is 0 Å². The third-order valence-electron chi connectivity index (χ3n) is 5.09. The molecule has 126 valence electrons. The summed E-state index contributed by atoms with van der Waals surface area (Å²) in [5, 5.41) is 13.3. The summed E-state index contributed by atoms with van der Waals surface area (Å²) in [6.45, 7) is 0.0976. The number of nitrogens with one attached hydrogen (secondary N) is 1. The highest BCUT2D eigenvalue weighted by Gasteiger charge is 2.36. The van der Waals surface area contributed by atoms with E-state index in [0.29, 0.717) is 11.5 Å². The third-order valence-corrected chi connectivity index (χ3v) is 6.74. The van der Waals surface area contributed by atoms with Crippen LogP contribution in [0.1, 0.15) is 53.9 Å². The second-order valence-electron chi connectivity index (χ2n) is 6.77. The molecule has 23 heavy (non-hydrogen) atoms. The van der Waals surface area contributed by atoms with E-state index in [1.807, 2.05) is 24.3 Å². The zero-order valence-corrected chi connectivity index (χ0v) is 13.9. The molecule has 2 N–H and O–H groups in total. The van der Waals surface area contributed by atoms with Crippen LogP contribution in [-0.4, -0.2) is 43.1 Å². The molecular weight excluding hydrogens is 314 g/mol. The molecule has 1 aliphatic heterocycles. The first-order valence-electron chi connectivity index (χ1n) is 8.19. The molecule has 2 aliphatic rings. The number of hydrogen-bond donors (Lipinski definition) is 2. The zero-order chi connectivity index (χ0) is 16.5. The van der Waals surface area contributed by atoms with Crippen LogP contribution in [0.3, 0.4) is 0 Å². The Balaban J connectivity index is 1.64. The average Bonchev–Trinajstić information content (AvgIpc) is 2.48. The molecule has 3 rings (SSSR count). The van der Waals surface area contributed by atoms with Gasteiger partial charge in [0, 0.05) is 12.1 Å². The van der Waals surface area contributed by atoms with Crippen LogP contribution in [-0.2, 0) is 9.84 Å². The lowest BCUT2D eigenvalue weighted by Gasteiger charge is -2.32. The number of carbonyl (C=O) groups is 1. The van der Waals surface area contributed by atoms with Crippen LogP contribution in [0.5, 0.6) is 0 Å². The summed E-state index contributed by atoms with van der Waals surface area (Å²) in [6.07, 6.45) is 3.80. The Morgan fingerprint density at radius 2 is 1.87 bits per heavy atom. The summed E-state index contributed by atoms with van der Waals surface area (Å²) < 4.78 is 22.9. The Labute approximate surface area is 137 Å². The van der Waals surface area contributed by atoms with Crippen LogP contribution in [0.15, 0.2) is 24.3 Å². The van der Waals surface area contributed by atoms with Gasteiger partial charge in [0.05, 0.1) is 17.1 Å². The molecule has 6 heteroatoms. The first-order valence-corrected chi connectivity index (χ1v) is 10.0. The number of benzene rings is 1. The quantitative estimate of drug-likeness (QED) is 0.874. The minimum Gasteiger partial charge on any atom is -0.388 e. The van der Waals surface area contributed by atoms with Gasteiger partial charge in [-0.25, -0.2) is 8.42 Å². The van der Waals surface area contributed by atoms with Gasteiger partial charge in [0.15, 0.2) is 9.84 Å². The highest BCUT2D eigenvalue weighted by Crippen LogP contribution is 2.37. The van der Waals surface area contributed by atoms with Crippen LogP contribution < -0.4 is 5.32 Å². The van der Waals surface area contributed by atoms with E-state index in [-0.39, 0.29) is 36.8 Å². The van der Waals surface area contributed by atoms with E-state index in [9.17, 15) is 18.3 Å². The van der Waals surface area contributed by atoms with Gasteiger partial charge in [0.1, 0.15) is 0 Å². The minimum atomic E-state index is -3.03. The van der Waals surface area contributed by atoms with Gasteiger partial charge in [-0.05, 0) is 43.2 Å². The van der Waals surface area contributed by atoms with Crippen molar-refractivity contribution in [1.82, 2.24) is 5.32 Å². The van der Waals surface area contributed by atoms with E-state index in [4.69, 9.17) is 0 Å². The smallest absolute Gasteiger partial charge is 0.251 e.